The molecule has 0 amide bonds. The number of nitrogens with zero attached hydrogens (tertiary/aromatic N) is 1. The average Bonchev–Trinajstić information content (AvgIpc) is 2.57. The summed E-state index contributed by atoms with van der Waals surface area (Å²) in [6.45, 7) is 7.55. The molecule has 0 aliphatic heterocycles. The molecule has 25 heavy (non-hydrogen) atoms. The summed E-state index contributed by atoms with van der Waals surface area (Å²) in [7, 11) is 0. The highest BCUT2D eigenvalue weighted by atomic mass is 16.5. The van der Waals surface area contributed by atoms with Gasteiger partial charge >= 0.3 is 11.9 Å². The molecule has 0 bridgehead atoms. The second-order valence-corrected chi connectivity index (χ2v) is 6.81. The Morgan fingerprint density at radius 1 is 1.24 bits per heavy atom. The monoisotopic (exact) mass is 345 g/mol. The van der Waals surface area contributed by atoms with Gasteiger partial charge in [0.25, 0.3) is 0 Å². The van der Waals surface area contributed by atoms with Crippen LogP contribution in [0, 0.1) is 28.6 Å². The van der Waals surface area contributed by atoms with E-state index in [-0.39, 0.29) is 12.5 Å². The zero-order valence-electron chi connectivity index (χ0n) is 15.4. The molecular formula is C20H27NO4. The van der Waals surface area contributed by atoms with E-state index in [2.05, 4.69) is 0 Å². The molecule has 0 heterocycles. The predicted octanol–water partition coefficient (Wildman–Crippen LogP) is 4.00. The number of carboxylic acids is 1. The van der Waals surface area contributed by atoms with E-state index in [1.165, 1.54) is 0 Å². The fourth-order valence-electron chi connectivity index (χ4n) is 3.09. The van der Waals surface area contributed by atoms with Gasteiger partial charge in [0.15, 0.2) is 5.41 Å². The van der Waals surface area contributed by atoms with Crippen LogP contribution in [-0.2, 0) is 14.3 Å². The van der Waals surface area contributed by atoms with Crippen molar-refractivity contribution in [3.8, 4) is 6.07 Å². The molecular weight excluding hydrogens is 318 g/mol. The summed E-state index contributed by atoms with van der Waals surface area (Å²) in [6, 6.07) is 10.4. The number of ether oxygens (including phenoxy) is 1. The summed E-state index contributed by atoms with van der Waals surface area (Å²) in [5.41, 5.74) is -1.36. The lowest BCUT2D eigenvalue weighted by atomic mass is 9.66. The van der Waals surface area contributed by atoms with Gasteiger partial charge in [0, 0.05) is 0 Å². The van der Waals surface area contributed by atoms with Gasteiger partial charge in [-0.1, -0.05) is 64.4 Å². The molecule has 0 fully saturated rings. The van der Waals surface area contributed by atoms with E-state index in [0.29, 0.717) is 5.56 Å². The first-order valence-electron chi connectivity index (χ1n) is 8.67. The topological polar surface area (TPSA) is 87.4 Å². The van der Waals surface area contributed by atoms with Crippen LogP contribution in [0.5, 0.6) is 0 Å². The van der Waals surface area contributed by atoms with E-state index >= 15 is 0 Å². The van der Waals surface area contributed by atoms with Crippen molar-refractivity contribution in [2.75, 3.05) is 6.61 Å². The van der Waals surface area contributed by atoms with Gasteiger partial charge in [-0.25, -0.2) is 0 Å². The Bertz CT molecular complexity index is 620. The van der Waals surface area contributed by atoms with Crippen molar-refractivity contribution < 1.29 is 19.4 Å². The highest BCUT2D eigenvalue weighted by Crippen LogP contribution is 2.43. The highest BCUT2D eigenvalue weighted by Gasteiger charge is 2.54. The van der Waals surface area contributed by atoms with Crippen molar-refractivity contribution in [1.82, 2.24) is 0 Å². The van der Waals surface area contributed by atoms with Crippen molar-refractivity contribution in [3.05, 3.63) is 35.9 Å². The number of hydrogen-bond acceptors (Lipinski definition) is 4. The standard InChI is InChI=1S/C20H27NO4/c1-5-9-15(4)12-25-19(24)20(13-21,14(2)3)17(18(22)23)16-10-7-6-8-11-16/h6-8,10-11,14-15,17H,5,9,12H2,1-4H3,(H,22,23). The molecule has 3 unspecified atom stereocenters. The first-order chi connectivity index (χ1) is 11.8. The number of nitriles is 1. The molecule has 1 N–H and O–H groups in total. The molecule has 1 aromatic carbocycles. The van der Waals surface area contributed by atoms with E-state index in [9.17, 15) is 20.0 Å². The minimum atomic E-state index is -1.78. The van der Waals surface area contributed by atoms with Gasteiger partial charge in [0.05, 0.1) is 12.7 Å². The number of hydrogen-bond donors (Lipinski definition) is 1. The Hall–Kier alpha value is -2.35. The lowest BCUT2D eigenvalue weighted by Crippen LogP contribution is -2.45. The van der Waals surface area contributed by atoms with E-state index in [1.807, 2.05) is 19.9 Å². The van der Waals surface area contributed by atoms with Crippen LogP contribution in [0.1, 0.15) is 52.0 Å². The summed E-state index contributed by atoms with van der Waals surface area (Å²) >= 11 is 0. The van der Waals surface area contributed by atoms with Gasteiger partial charge in [-0.05, 0) is 23.8 Å². The molecule has 0 aromatic heterocycles. The molecule has 0 aliphatic carbocycles. The number of carboxylic acid groups (broad SMARTS) is 1. The molecule has 5 nitrogen and oxygen atoms in total. The maximum absolute atomic E-state index is 12.9. The van der Waals surface area contributed by atoms with Crippen LogP contribution in [0.4, 0.5) is 0 Å². The molecule has 5 heteroatoms. The third-order valence-corrected chi connectivity index (χ3v) is 4.55. The Balaban J connectivity index is 3.27. The smallest absolute Gasteiger partial charge is 0.328 e. The normalized spacial score (nSPS) is 15.7. The Morgan fingerprint density at radius 3 is 2.28 bits per heavy atom. The fraction of sp³-hybridized carbons (Fsp3) is 0.550. The van der Waals surface area contributed by atoms with Gasteiger partial charge in [-0.3, -0.25) is 9.59 Å². The van der Waals surface area contributed by atoms with Crippen LogP contribution < -0.4 is 0 Å². The molecule has 0 saturated carbocycles. The molecule has 136 valence electrons. The Morgan fingerprint density at radius 2 is 1.84 bits per heavy atom. The summed E-state index contributed by atoms with van der Waals surface area (Å²) in [5, 5.41) is 19.6. The van der Waals surface area contributed by atoms with Gasteiger partial charge < -0.3 is 9.84 Å². The molecule has 0 aliphatic rings. The Labute approximate surface area is 149 Å². The maximum Gasteiger partial charge on any atom is 0.328 e. The molecule has 1 rings (SSSR count). The number of carbonyl (C=O) groups is 2. The summed E-state index contributed by atoms with van der Waals surface area (Å²) in [6.07, 6.45) is 1.86. The summed E-state index contributed by atoms with van der Waals surface area (Å²) < 4.78 is 5.40. The second-order valence-electron chi connectivity index (χ2n) is 6.81. The number of rotatable bonds is 9. The van der Waals surface area contributed by atoms with Crippen LogP contribution in [0.15, 0.2) is 30.3 Å². The first-order valence-corrected chi connectivity index (χ1v) is 8.67. The third kappa shape index (κ3) is 4.60. The van der Waals surface area contributed by atoms with Crippen LogP contribution in [0.25, 0.3) is 0 Å². The minimum absolute atomic E-state index is 0.164. The van der Waals surface area contributed by atoms with Crippen molar-refractivity contribution in [2.24, 2.45) is 17.3 Å². The zero-order valence-corrected chi connectivity index (χ0v) is 15.4. The first kappa shape index (κ1) is 20.7. The van der Waals surface area contributed by atoms with Crippen LogP contribution in [0.3, 0.4) is 0 Å². The van der Waals surface area contributed by atoms with Crippen molar-refractivity contribution in [1.29, 1.82) is 5.26 Å². The molecule has 1 aromatic rings. The lowest BCUT2D eigenvalue weighted by Gasteiger charge is -2.34. The summed E-state index contributed by atoms with van der Waals surface area (Å²) in [5.74, 6) is -3.61. The van der Waals surface area contributed by atoms with Crippen molar-refractivity contribution >= 4 is 11.9 Å². The summed E-state index contributed by atoms with van der Waals surface area (Å²) in [4.78, 5) is 24.9. The van der Waals surface area contributed by atoms with Crippen molar-refractivity contribution in [2.45, 2.75) is 46.5 Å². The van der Waals surface area contributed by atoms with Gasteiger partial charge in [-0.2, -0.15) is 5.26 Å². The number of aliphatic carboxylic acids is 1. The minimum Gasteiger partial charge on any atom is -0.481 e. The largest absolute Gasteiger partial charge is 0.481 e. The van der Waals surface area contributed by atoms with Crippen LogP contribution in [-0.4, -0.2) is 23.7 Å². The maximum atomic E-state index is 12.9. The molecule has 3 atom stereocenters. The molecule has 0 saturated heterocycles. The lowest BCUT2D eigenvalue weighted by molar-refractivity contribution is -0.163. The third-order valence-electron chi connectivity index (χ3n) is 4.55. The number of esters is 1. The van der Waals surface area contributed by atoms with E-state index in [0.717, 1.165) is 12.8 Å². The number of carbonyl (C=O) groups excluding carboxylic acids is 1. The predicted molar refractivity (Wildman–Crippen MR) is 94.7 cm³/mol. The van der Waals surface area contributed by atoms with E-state index < -0.39 is 29.2 Å². The van der Waals surface area contributed by atoms with Gasteiger partial charge in [-0.15, -0.1) is 0 Å². The fourth-order valence-corrected chi connectivity index (χ4v) is 3.09. The van der Waals surface area contributed by atoms with Crippen molar-refractivity contribution in [3.63, 3.8) is 0 Å². The molecule has 0 radical (unpaired) electrons. The number of benzene rings is 1. The van der Waals surface area contributed by atoms with Crippen LogP contribution >= 0.6 is 0 Å². The quantitative estimate of drug-likeness (QED) is 0.683. The van der Waals surface area contributed by atoms with Crippen LogP contribution in [0.2, 0.25) is 0 Å². The zero-order chi connectivity index (χ0) is 19.0. The average molecular weight is 345 g/mol. The van der Waals surface area contributed by atoms with E-state index in [4.69, 9.17) is 4.74 Å². The highest BCUT2D eigenvalue weighted by molar-refractivity contribution is 5.91. The Kier molecular flexibility index (Phi) is 7.63. The van der Waals surface area contributed by atoms with E-state index in [1.54, 1.807) is 44.2 Å². The SMILES string of the molecule is CCCC(C)COC(=O)C(C#N)(C(C)C)C(C(=O)O)c1ccccc1. The van der Waals surface area contributed by atoms with Gasteiger partial charge in [0.2, 0.25) is 0 Å². The van der Waals surface area contributed by atoms with Gasteiger partial charge in [0.1, 0.15) is 5.92 Å². The molecule has 0 spiro atoms. The second kappa shape index (κ2) is 9.22.